The summed E-state index contributed by atoms with van der Waals surface area (Å²) >= 11 is 3.33. The summed E-state index contributed by atoms with van der Waals surface area (Å²) in [6.45, 7) is 2.44. The fourth-order valence-corrected chi connectivity index (χ4v) is 5.12. The van der Waals surface area contributed by atoms with Crippen LogP contribution in [0.5, 0.6) is 0 Å². The van der Waals surface area contributed by atoms with Crippen molar-refractivity contribution in [3.63, 3.8) is 0 Å². The van der Waals surface area contributed by atoms with E-state index in [-0.39, 0.29) is 4.90 Å². The van der Waals surface area contributed by atoms with E-state index in [4.69, 9.17) is 4.52 Å². The van der Waals surface area contributed by atoms with Crippen LogP contribution in [-0.2, 0) is 10.0 Å². The Kier molecular flexibility index (Phi) is 4.88. The minimum atomic E-state index is -3.63. The van der Waals surface area contributed by atoms with E-state index < -0.39 is 16.1 Å². The molecule has 1 atom stereocenters. The Bertz CT molecular complexity index is 1050. The van der Waals surface area contributed by atoms with Gasteiger partial charge in [0.25, 0.3) is 0 Å². The van der Waals surface area contributed by atoms with Gasteiger partial charge in [-0.1, -0.05) is 50.9 Å². The highest BCUT2D eigenvalue weighted by atomic mass is 79.9. The molecule has 1 aliphatic rings. The smallest absolute Gasteiger partial charge is 0.245 e. The topological polar surface area (TPSA) is 76.3 Å². The second-order valence-electron chi connectivity index (χ2n) is 6.55. The molecule has 0 saturated carbocycles. The standard InChI is InChI=1S/C19H18BrN3O3S/c1-13-4-6-14(7-5-13)18-21-19(26-22-18)17-3-2-12-23(17)27(24,25)16-10-8-15(20)9-11-16/h4-11,17H,2-3,12H2,1H3/t17-/m1/s1. The van der Waals surface area contributed by atoms with Gasteiger partial charge in [-0.2, -0.15) is 9.29 Å². The van der Waals surface area contributed by atoms with Crippen LogP contribution in [0.4, 0.5) is 0 Å². The highest BCUT2D eigenvalue weighted by Crippen LogP contribution is 2.36. The Morgan fingerprint density at radius 2 is 1.81 bits per heavy atom. The minimum Gasteiger partial charge on any atom is -0.337 e. The van der Waals surface area contributed by atoms with Gasteiger partial charge in [-0.15, -0.1) is 0 Å². The van der Waals surface area contributed by atoms with Crippen LogP contribution < -0.4 is 0 Å². The average molecular weight is 448 g/mol. The SMILES string of the molecule is Cc1ccc(-c2noc([C@H]3CCCN3S(=O)(=O)c3ccc(Br)cc3)n2)cc1. The average Bonchev–Trinajstić information content (AvgIpc) is 3.32. The van der Waals surface area contributed by atoms with E-state index in [1.807, 2.05) is 31.2 Å². The first kappa shape index (κ1) is 18.3. The van der Waals surface area contributed by atoms with Crippen molar-refractivity contribution in [1.29, 1.82) is 0 Å². The summed E-state index contributed by atoms with van der Waals surface area (Å²) in [6, 6.07) is 14.0. The molecule has 140 valence electrons. The Morgan fingerprint density at radius 3 is 2.52 bits per heavy atom. The van der Waals surface area contributed by atoms with E-state index >= 15 is 0 Å². The Balaban J connectivity index is 1.64. The van der Waals surface area contributed by atoms with Gasteiger partial charge in [-0.25, -0.2) is 8.42 Å². The molecule has 0 bridgehead atoms. The van der Waals surface area contributed by atoms with Gasteiger partial charge in [-0.3, -0.25) is 0 Å². The molecule has 1 saturated heterocycles. The summed E-state index contributed by atoms with van der Waals surface area (Å²) in [7, 11) is -3.63. The lowest BCUT2D eigenvalue weighted by Crippen LogP contribution is -2.30. The third-order valence-corrected chi connectivity index (χ3v) is 7.11. The van der Waals surface area contributed by atoms with E-state index in [9.17, 15) is 8.42 Å². The number of benzene rings is 2. The van der Waals surface area contributed by atoms with Gasteiger partial charge in [0.15, 0.2) is 0 Å². The molecule has 3 aromatic rings. The third kappa shape index (κ3) is 3.56. The van der Waals surface area contributed by atoms with Gasteiger partial charge >= 0.3 is 0 Å². The van der Waals surface area contributed by atoms with E-state index in [0.29, 0.717) is 24.7 Å². The molecule has 0 spiro atoms. The predicted molar refractivity (Wildman–Crippen MR) is 104 cm³/mol. The highest BCUT2D eigenvalue weighted by molar-refractivity contribution is 9.10. The number of hydrogen-bond donors (Lipinski definition) is 0. The first-order valence-electron chi connectivity index (χ1n) is 8.63. The molecule has 8 heteroatoms. The largest absolute Gasteiger partial charge is 0.337 e. The molecule has 2 aromatic carbocycles. The van der Waals surface area contributed by atoms with E-state index in [1.165, 1.54) is 4.31 Å². The number of aryl methyl sites for hydroxylation is 1. The third-order valence-electron chi connectivity index (χ3n) is 4.66. The predicted octanol–water partition coefficient (Wildman–Crippen LogP) is 4.33. The lowest BCUT2D eigenvalue weighted by Gasteiger charge is -2.21. The van der Waals surface area contributed by atoms with E-state index in [1.54, 1.807) is 24.3 Å². The van der Waals surface area contributed by atoms with Crippen LogP contribution in [0.15, 0.2) is 62.4 Å². The van der Waals surface area contributed by atoms with Crippen LogP contribution in [0.25, 0.3) is 11.4 Å². The number of hydrogen-bond acceptors (Lipinski definition) is 5. The monoisotopic (exact) mass is 447 g/mol. The van der Waals surface area contributed by atoms with Gasteiger partial charge in [0.2, 0.25) is 21.7 Å². The fourth-order valence-electron chi connectivity index (χ4n) is 3.21. The zero-order chi connectivity index (χ0) is 19.0. The molecule has 1 aliphatic heterocycles. The molecular formula is C19H18BrN3O3S. The Morgan fingerprint density at radius 1 is 1.11 bits per heavy atom. The lowest BCUT2D eigenvalue weighted by atomic mass is 10.1. The molecule has 0 N–H and O–H groups in total. The molecular weight excluding hydrogens is 430 g/mol. The molecule has 1 aromatic heterocycles. The molecule has 2 heterocycles. The van der Waals surface area contributed by atoms with Crippen LogP contribution in [0.1, 0.15) is 30.3 Å². The van der Waals surface area contributed by atoms with Gasteiger partial charge in [0, 0.05) is 16.6 Å². The van der Waals surface area contributed by atoms with Crippen LogP contribution in [-0.4, -0.2) is 29.4 Å². The van der Waals surface area contributed by atoms with Crippen molar-refractivity contribution < 1.29 is 12.9 Å². The molecule has 0 radical (unpaired) electrons. The van der Waals surface area contributed by atoms with Crippen molar-refractivity contribution in [3.8, 4) is 11.4 Å². The molecule has 0 aliphatic carbocycles. The van der Waals surface area contributed by atoms with Gasteiger partial charge in [0.1, 0.15) is 6.04 Å². The van der Waals surface area contributed by atoms with Gasteiger partial charge in [0.05, 0.1) is 4.90 Å². The summed E-state index contributed by atoms with van der Waals surface area (Å²) in [5.41, 5.74) is 1.99. The van der Waals surface area contributed by atoms with Crippen molar-refractivity contribution >= 4 is 26.0 Å². The molecule has 27 heavy (non-hydrogen) atoms. The van der Waals surface area contributed by atoms with Crippen LogP contribution in [0.3, 0.4) is 0 Å². The molecule has 1 fully saturated rings. The van der Waals surface area contributed by atoms with Crippen molar-refractivity contribution in [3.05, 3.63) is 64.5 Å². The summed E-state index contributed by atoms with van der Waals surface area (Å²) in [5, 5.41) is 4.05. The fraction of sp³-hybridized carbons (Fsp3) is 0.263. The van der Waals surface area contributed by atoms with Gasteiger partial charge < -0.3 is 4.52 Å². The second-order valence-corrected chi connectivity index (χ2v) is 9.36. The summed E-state index contributed by atoms with van der Waals surface area (Å²) in [6.07, 6.45) is 1.41. The normalized spacial score (nSPS) is 18.1. The zero-order valence-corrected chi connectivity index (χ0v) is 17.1. The van der Waals surface area contributed by atoms with Crippen molar-refractivity contribution in [2.75, 3.05) is 6.54 Å². The maximum Gasteiger partial charge on any atom is 0.245 e. The number of rotatable bonds is 4. The summed E-state index contributed by atoms with van der Waals surface area (Å²) < 4.78 is 33.9. The lowest BCUT2D eigenvalue weighted by molar-refractivity contribution is 0.290. The number of sulfonamides is 1. The number of nitrogens with zero attached hydrogens (tertiary/aromatic N) is 3. The molecule has 0 amide bonds. The Labute approximate surface area is 166 Å². The second kappa shape index (κ2) is 7.18. The van der Waals surface area contributed by atoms with E-state index in [2.05, 4.69) is 26.1 Å². The number of aromatic nitrogens is 2. The molecule has 0 unspecified atom stereocenters. The first-order valence-corrected chi connectivity index (χ1v) is 10.9. The van der Waals surface area contributed by atoms with Crippen molar-refractivity contribution in [1.82, 2.24) is 14.4 Å². The first-order chi connectivity index (χ1) is 12.9. The summed E-state index contributed by atoms with van der Waals surface area (Å²) in [5.74, 6) is 0.807. The Hall–Kier alpha value is -2.03. The highest BCUT2D eigenvalue weighted by Gasteiger charge is 2.39. The quantitative estimate of drug-likeness (QED) is 0.594. The van der Waals surface area contributed by atoms with Gasteiger partial charge in [-0.05, 0) is 44.0 Å². The number of halogens is 1. The summed E-state index contributed by atoms with van der Waals surface area (Å²) in [4.78, 5) is 4.73. The van der Waals surface area contributed by atoms with Crippen molar-refractivity contribution in [2.24, 2.45) is 0 Å². The maximum absolute atomic E-state index is 13.1. The van der Waals surface area contributed by atoms with Crippen molar-refractivity contribution in [2.45, 2.75) is 30.7 Å². The zero-order valence-electron chi connectivity index (χ0n) is 14.7. The molecule has 4 rings (SSSR count). The van der Waals surface area contributed by atoms with Crippen LogP contribution in [0.2, 0.25) is 0 Å². The minimum absolute atomic E-state index is 0.260. The van der Waals surface area contributed by atoms with Crippen LogP contribution >= 0.6 is 15.9 Å². The van der Waals surface area contributed by atoms with E-state index in [0.717, 1.165) is 22.0 Å². The maximum atomic E-state index is 13.1. The molecule has 6 nitrogen and oxygen atoms in total. The van der Waals surface area contributed by atoms with Crippen LogP contribution in [0, 0.1) is 6.92 Å².